The molecule has 2 aromatic carbocycles. The van der Waals surface area contributed by atoms with Crippen LogP contribution >= 0.6 is 0 Å². The summed E-state index contributed by atoms with van der Waals surface area (Å²) in [6, 6.07) is 8.56. The monoisotopic (exact) mass is 422 g/mol. The van der Waals surface area contributed by atoms with E-state index in [1.54, 1.807) is 13.8 Å². The van der Waals surface area contributed by atoms with E-state index >= 15 is 0 Å². The molecule has 154 valence electrons. The third-order valence-corrected chi connectivity index (χ3v) is 5.42. The molecule has 0 aromatic heterocycles. The molecule has 0 saturated carbocycles. The molecule has 0 aliphatic heterocycles. The summed E-state index contributed by atoms with van der Waals surface area (Å²) >= 11 is 0. The Morgan fingerprint density at radius 3 is 2.07 bits per heavy atom. The fourth-order valence-electron chi connectivity index (χ4n) is 2.44. The van der Waals surface area contributed by atoms with Crippen LogP contribution in [0.4, 0.5) is 17.1 Å². The number of carbonyl (C=O) groups excluding carboxylic acids is 1. The van der Waals surface area contributed by atoms with Gasteiger partial charge in [-0.25, -0.2) is 8.42 Å². The fourth-order valence-corrected chi connectivity index (χ4v) is 3.96. The molecule has 2 aromatic rings. The Morgan fingerprint density at radius 2 is 1.55 bits per heavy atom. The number of nitrogens with one attached hydrogen (secondary N) is 2. The van der Waals surface area contributed by atoms with Crippen molar-refractivity contribution in [3.8, 4) is 0 Å². The fraction of sp³-hybridized carbons (Fsp3) is 0.235. The summed E-state index contributed by atoms with van der Waals surface area (Å²) in [4.78, 5) is 32.4. The summed E-state index contributed by atoms with van der Waals surface area (Å²) in [7, 11) is -4.38. The van der Waals surface area contributed by atoms with Crippen molar-refractivity contribution in [1.29, 1.82) is 0 Å². The number of nitro groups is 2. The van der Waals surface area contributed by atoms with Crippen LogP contribution in [0, 0.1) is 26.1 Å². The summed E-state index contributed by atoms with van der Waals surface area (Å²) in [5, 5.41) is 24.3. The number of nitro benzene ring substituents is 2. The van der Waals surface area contributed by atoms with Crippen LogP contribution in [-0.2, 0) is 14.8 Å². The molecular weight excluding hydrogens is 404 g/mol. The third kappa shape index (κ3) is 5.33. The molecule has 0 unspecified atom stereocenters. The first kappa shape index (κ1) is 21.9. The molecule has 1 amide bonds. The van der Waals surface area contributed by atoms with E-state index in [1.165, 1.54) is 36.4 Å². The average molecular weight is 422 g/mol. The van der Waals surface area contributed by atoms with E-state index < -0.39 is 48.3 Å². The number of anilines is 1. The lowest BCUT2D eigenvalue weighted by Gasteiger charge is -2.21. The molecule has 0 heterocycles. The SMILES string of the molecule is CC(C)[C@H](NS(=O)(=O)c1ccccc1[N+](=O)[O-])C(=O)Nc1ccc([N+](=O)[O-])cc1. The third-order valence-electron chi connectivity index (χ3n) is 3.93. The summed E-state index contributed by atoms with van der Waals surface area (Å²) < 4.78 is 27.6. The van der Waals surface area contributed by atoms with E-state index in [-0.39, 0.29) is 11.4 Å². The molecule has 29 heavy (non-hydrogen) atoms. The first-order valence-corrected chi connectivity index (χ1v) is 9.82. The van der Waals surface area contributed by atoms with Crippen molar-refractivity contribution >= 4 is 33.0 Å². The van der Waals surface area contributed by atoms with Crippen LogP contribution < -0.4 is 10.0 Å². The Hall–Kier alpha value is -3.38. The normalized spacial score (nSPS) is 12.4. The van der Waals surface area contributed by atoms with E-state index in [4.69, 9.17) is 0 Å². The zero-order valence-corrected chi connectivity index (χ0v) is 16.3. The second-order valence-corrected chi connectivity index (χ2v) is 8.04. The first-order valence-electron chi connectivity index (χ1n) is 8.34. The second-order valence-electron chi connectivity index (χ2n) is 6.36. The molecule has 0 aliphatic carbocycles. The van der Waals surface area contributed by atoms with Crippen LogP contribution in [0.25, 0.3) is 0 Å². The number of sulfonamides is 1. The van der Waals surface area contributed by atoms with Gasteiger partial charge in [0.15, 0.2) is 4.90 Å². The molecule has 0 spiro atoms. The minimum absolute atomic E-state index is 0.166. The van der Waals surface area contributed by atoms with Gasteiger partial charge in [-0.15, -0.1) is 0 Å². The Balaban J connectivity index is 2.26. The predicted octanol–water partition coefficient (Wildman–Crippen LogP) is 2.44. The molecular formula is C17H18N4O7S. The van der Waals surface area contributed by atoms with Crippen LogP contribution in [0.15, 0.2) is 53.4 Å². The quantitative estimate of drug-likeness (QED) is 0.487. The highest BCUT2D eigenvalue weighted by molar-refractivity contribution is 7.89. The van der Waals surface area contributed by atoms with Crippen LogP contribution in [0.2, 0.25) is 0 Å². The topological polar surface area (TPSA) is 162 Å². The zero-order chi connectivity index (χ0) is 21.8. The molecule has 0 aliphatic rings. The van der Waals surface area contributed by atoms with Gasteiger partial charge in [-0.1, -0.05) is 26.0 Å². The lowest BCUT2D eigenvalue weighted by Crippen LogP contribution is -2.47. The van der Waals surface area contributed by atoms with E-state index in [0.29, 0.717) is 0 Å². The van der Waals surface area contributed by atoms with Crippen molar-refractivity contribution in [2.24, 2.45) is 5.92 Å². The standard InChI is InChI=1S/C17H18N4O7S/c1-11(2)16(17(22)18-12-7-9-13(10-8-12)20(23)24)19-29(27,28)15-6-4-3-5-14(15)21(25)26/h3-11,16,19H,1-2H3,(H,18,22)/t16-/m0/s1. The zero-order valence-electron chi connectivity index (χ0n) is 15.4. The maximum atomic E-state index is 12.7. The van der Waals surface area contributed by atoms with Crippen molar-refractivity contribution in [3.63, 3.8) is 0 Å². The number of benzene rings is 2. The molecule has 0 fully saturated rings. The first-order chi connectivity index (χ1) is 13.5. The number of carbonyl (C=O) groups is 1. The largest absolute Gasteiger partial charge is 0.325 e. The number of nitrogens with zero attached hydrogens (tertiary/aromatic N) is 2. The number of amides is 1. The van der Waals surface area contributed by atoms with Crippen LogP contribution in [0.3, 0.4) is 0 Å². The highest BCUT2D eigenvalue weighted by atomic mass is 32.2. The molecule has 1 atom stereocenters. The van der Waals surface area contributed by atoms with Gasteiger partial charge in [0.25, 0.3) is 11.4 Å². The maximum absolute atomic E-state index is 12.7. The number of para-hydroxylation sites is 1. The van der Waals surface area contributed by atoms with E-state index in [9.17, 15) is 33.4 Å². The van der Waals surface area contributed by atoms with Gasteiger partial charge >= 0.3 is 0 Å². The minimum atomic E-state index is -4.38. The van der Waals surface area contributed by atoms with Gasteiger partial charge in [0.2, 0.25) is 15.9 Å². The van der Waals surface area contributed by atoms with Crippen molar-refractivity contribution in [2.45, 2.75) is 24.8 Å². The van der Waals surface area contributed by atoms with Crippen molar-refractivity contribution in [2.75, 3.05) is 5.32 Å². The van der Waals surface area contributed by atoms with E-state index in [2.05, 4.69) is 10.0 Å². The average Bonchev–Trinajstić information content (AvgIpc) is 2.66. The van der Waals surface area contributed by atoms with Gasteiger partial charge in [0.1, 0.15) is 6.04 Å². The number of hydrogen-bond donors (Lipinski definition) is 2. The van der Waals surface area contributed by atoms with Gasteiger partial charge in [0.05, 0.1) is 9.85 Å². The van der Waals surface area contributed by atoms with Gasteiger partial charge in [-0.3, -0.25) is 25.0 Å². The Bertz CT molecular complexity index is 1040. The Labute approximate surface area is 166 Å². The Kier molecular flexibility index (Phi) is 6.61. The summed E-state index contributed by atoms with van der Waals surface area (Å²) in [6.45, 7) is 3.20. The summed E-state index contributed by atoms with van der Waals surface area (Å²) in [5.41, 5.74) is -0.546. The van der Waals surface area contributed by atoms with Gasteiger partial charge < -0.3 is 5.32 Å². The van der Waals surface area contributed by atoms with Crippen LogP contribution in [0.1, 0.15) is 13.8 Å². The van der Waals surface area contributed by atoms with Crippen LogP contribution in [0.5, 0.6) is 0 Å². The van der Waals surface area contributed by atoms with Crippen LogP contribution in [-0.4, -0.2) is 30.2 Å². The van der Waals surface area contributed by atoms with Crippen molar-refractivity contribution < 1.29 is 23.1 Å². The summed E-state index contributed by atoms with van der Waals surface area (Å²) in [6.07, 6.45) is 0. The predicted molar refractivity (Wildman–Crippen MR) is 104 cm³/mol. The van der Waals surface area contributed by atoms with Crippen molar-refractivity contribution in [3.05, 3.63) is 68.8 Å². The maximum Gasteiger partial charge on any atom is 0.289 e. The second kappa shape index (κ2) is 8.75. The molecule has 2 N–H and O–H groups in total. The molecule has 12 heteroatoms. The highest BCUT2D eigenvalue weighted by Gasteiger charge is 2.32. The van der Waals surface area contributed by atoms with E-state index in [0.717, 1.165) is 12.1 Å². The minimum Gasteiger partial charge on any atom is -0.325 e. The lowest BCUT2D eigenvalue weighted by atomic mass is 10.0. The molecule has 0 saturated heterocycles. The molecule has 0 bridgehead atoms. The van der Waals surface area contributed by atoms with E-state index in [1.807, 2.05) is 0 Å². The number of rotatable bonds is 8. The van der Waals surface area contributed by atoms with Gasteiger partial charge in [0, 0.05) is 23.9 Å². The van der Waals surface area contributed by atoms with Gasteiger partial charge in [-0.05, 0) is 24.1 Å². The highest BCUT2D eigenvalue weighted by Crippen LogP contribution is 2.24. The molecule has 0 radical (unpaired) electrons. The van der Waals surface area contributed by atoms with Gasteiger partial charge in [-0.2, -0.15) is 4.72 Å². The number of non-ortho nitro benzene ring substituents is 1. The molecule has 11 nitrogen and oxygen atoms in total. The Morgan fingerprint density at radius 1 is 0.966 bits per heavy atom. The van der Waals surface area contributed by atoms with Crippen molar-refractivity contribution in [1.82, 2.24) is 4.72 Å². The lowest BCUT2D eigenvalue weighted by molar-refractivity contribution is -0.387. The number of hydrogen-bond acceptors (Lipinski definition) is 7. The smallest absolute Gasteiger partial charge is 0.289 e. The summed E-state index contributed by atoms with van der Waals surface area (Å²) in [5.74, 6) is -1.21. The molecule has 2 rings (SSSR count).